The van der Waals surface area contributed by atoms with Crippen molar-refractivity contribution in [1.29, 1.82) is 0 Å². The van der Waals surface area contributed by atoms with Gasteiger partial charge in [0, 0.05) is 12.4 Å². The molecule has 0 saturated heterocycles. The Labute approximate surface area is 53.8 Å². The minimum absolute atomic E-state index is 0.791. The van der Waals surface area contributed by atoms with E-state index in [1.807, 2.05) is 6.20 Å². The Kier molecular flexibility index (Phi) is 1.06. The van der Waals surface area contributed by atoms with E-state index in [0.717, 1.165) is 19.6 Å². The molecule has 0 aliphatic carbocycles. The van der Waals surface area contributed by atoms with Crippen molar-refractivity contribution in [3.8, 4) is 0 Å². The fourth-order valence-corrected chi connectivity index (χ4v) is 1.16. The van der Waals surface area contributed by atoms with Gasteiger partial charge >= 0.3 is 0 Å². The number of hydrogen-bond donors (Lipinski definition) is 1. The number of aromatic nitrogens is 1. The maximum Gasteiger partial charge on any atom is 0.0734 e. The van der Waals surface area contributed by atoms with Crippen LogP contribution in [0.5, 0.6) is 0 Å². The molecule has 0 saturated carbocycles. The molecule has 0 unspecified atom stereocenters. The number of rotatable bonds is 0. The standard InChI is InChI=1S/C7H9NO/c1-2-9-5-7-4-8-3-6(1)7/h3-4,8H,1-2,5H2. The third-order valence-electron chi connectivity index (χ3n) is 1.70. The Morgan fingerprint density at radius 1 is 1.33 bits per heavy atom. The van der Waals surface area contributed by atoms with E-state index in [4.69, 9.17) is 4.74 Å². The first-order valence-electron chi connectivity index (χ1n) is 3.19. The highest BCUT2D eigenvalue weighted by Crippen LogP contribution is 2.14. The molecule has 1 aliphatic heterocycles. The third kappa shape index (κ3) is 0.754. The molecule has 1 aromatic rings. The van der Waals surface area contributed by atoms with E-state index in [-0.39, 0.29) is 0 Å². The van der Waals surface area contributed by atoms with Gasteiger partial charge in [0.05, 0.1) is 13.2 Å². The molecule has 2 rings (SSSR count). The van der Waals surface area contributed by atoms with Gasteiger partial charge in [-0.05, 0) is 17.5 Å². The molecule has 1 N–H and O–H groups in total. The molecule has 0 spiro atoms. The van der Waals surface area contributed by atoms with E-state index >= 15 is 0 Å². The zero-order valence-electron chi connectivity index (χ0n) is 5.18. The highest BCUT2D eigenvalue weighted by molar-refractivity contribution is 5.23. The van der Waals surface area contributed by atoms with Crippen LogP contribution in [-0.2, 0) is 17.8 Å². The van der Waals surface area contributed by atoms with Gasteiger partial charge in [0.2, 0.25) is 0 Å². The van der Waals surface area contributed by atoms with E-state index in [9.17, 15) is 0 Å². The monoisotopic (exact) mass is 123 g/mol. The molecular formula is C7H9NO. The Hall–Kier alpha value is -0.760. The van der Waals surface area contributed by atoms with Crippen molar-refractivity contribution in [1.82, 2.24) is 4.98 Å². The SMILES string of the molecule is c1[nH]cc2c1CCOC2. The Bertz CT molecular complexity index is 184. The van der Waals surface area contributed by atoms with Crippen LogP contribution in [0.2, 0.25) is 0 Å². The quantitative estimate of drug-likeness (QED) is 0.548. The van der Waals surface area contributed by atoms with Gasteiger partial charge in [-0.3, -0.25) is 0 Å². The van der Waals surface area contributed by atoms with E-state index in [2.05, 4.69) is 11.2 Å². The summed E-state index contributed by atoms with van der Waals surface area (Å²) >= 11 is 0. The number of fused-ring (bicyclic) bond motifs is 1. The van der Waals surface area contributed by atoms with Gasteiger partial charge in [0.1, 0.15) is 0 Å². The maximum atomic E-state index is 5.23. The van der Waals surface area contributed by atoms with Gasteiger partial charge < -0.3 is 9.72 Å². The fourth-order valence-electron chi connectivity index (χ4n) is 1.16. The van der Waals surface area contributed by atoms with Crippen LogP contribution in [0.15, 0.2) is 12.4 Å². The van der Waals surface area contributed by atoms with E-state index in [1.54, 1.807) is 0 Å². The predicted octanol–water partition coefficient (Wildman–Crippen LogP) is 1.09. The summed E-state index contributed by atoms with van der Waals surface area (Å²) in [5.41, 5.74) is 2.74. The summed E-state index contributed by atoms with van der Waals surface area (Å²) < 4.78 is 5.23. The van der Waals surface area contributed by atoms with E-state index in [1.165, 1.54) is 11.1 Å². The molecule has 0 atom stereocenters. The van der Waals surface area contributed by atoms with Crippen molar-refractivity contribution < 1.29 is 4.74 Å². The minimum atomic E-state index is 0.791. The molecule has 48 valence electrons. The van der Waals surface area contributed by atoms with Crippen molar-refractivity contribution in [3.63, 3.8) is 0 Å². The first-order chi connectivity index (χ1) is 4.47. The van der Waals surface area contributed by atoms with Crippen LogP contribution in [0, 0.1) is 0 Å². The Balaban J connectivity index is 2.39. The Morgan fingerprint density at radius 3 is 3.11 bits per heavy atom. The first kappa shape index (κ1) is 5.06. The van der Waals surface area contributed by atoms with Crippen molar-refractivity contribution in [2.75, 3.05) is 6.61 Å². The summed E-state index contributed by atoms with van der Waals surface area (Å²) in [6, 6.07) is 0. The summed E-state index contributed by atoms with van der Waals surface area (Å²) in [6.07, 6.45) is 5.13. The summed E-state index contributed by atoms with van der Waals surface area (Å²) in [4.78, 5) is 3.06. The molecule has 0 bridgehead atoms. The molecule has 2 heteroatoms. The van der Waals surface area contributed by atoms with Crippen LogP contribution in [-0.4, -0.2) is 11.6 Å². The van der Waals surface area contributed by atoms with Gasteiger partial charge in [-0.25, -0.2) is 0 Å². The fraction of sp³-hybridized carbons (Fsp3) is 0.429. The molecule has 0 radical (unpaired) electrons. The van der Waals surface area contributed by atoms with E-state index < -0.39 is 0 Å². The Morgan fingerprint density at radius 2 is 2.22 bits per heavy atom. The summed E-state index contributed by atoms with van der Waals surface area (Å²) in [6.45, 7) is 1.67. The van der Waals surface area contributed by atoms with Gasteiger partial charge in [-0.1, -0.05) is 0 Å². The lowest BCUT2D eigenvalue weighted by molar-refractivity contribution is 0.111. The molecule has 9 heavy (non-hydrogen) atoms. The maximum absolute atomic E-state index is 5.23. The normalized spacial score (nSPS) is 17.3. The van der Waals surface area contributed by atoms with Crippen LogP contribution in [0.4, 0.5) is 0 Å². The van der Waals surface area contributed by atoms with Crippen molar-refractivity contribution in [3.05, 3.63) is 23.5 Å². The molecule has 0 fully saturated rings. The predicted molar refractivity (Wildman–Crippen MR) is 34.2 cm³/mol. The largest absolute Gasteiger partial charge is 0.376 e. The molecule has 2 nitrogen and oxygen atoms in total. The first-order valence-corrected chi connectivity index (χ1v) is 3.19. The molecule has 2 heterocycles. The minimum Gasteiger partial charge on any atom is -0.376 e. The van der Waals surface area contributed by atoms with Crippen LogP contribution in [0.1, 0.15) is 11.1 Å². The van der Waals surface area contributed by atoms with Gasteiger partial charge in [-0.2, -0.15) is 0 Å². The zero-order valence-corrected chi connectivity index (χ0v) is 5.18. The van der Waals surface area contributed by atoms with Gasteiger partial charge in [0.25, 0.3) is 0 Å². The highest BCUT2D eigenvalue weighted by atomic mass is 16.5. The van der Waals surface area contributed by atoms with Gasteiger partial charge in [-0.15, -0.1) is 0 Å². The van der Waals surface area contributed by atoms with E-state index in [0.29, 0.717) is 0 Å². The number of hydrogen-bond acceptors (Lipinski definition) is 1. The van der Waals surface area contributed by atoms with Crippen molar-refractivity contribution in [2.24, 2.45) is 0 Å². The van der Waals surface area contributed by atoms with Crippen molar-refractivity contribution in [2.45, 2.75) is 13.0 Å². The molecule has 1 aliphatic rings. The van der Waals surface area contributed by atoms with Crippen LogP contribution >= 0.6 is 0 Å². The number of H-pyrrole nitrogens is 1. The second-order valence-electron chi connectivity index (χ2n) is 2.31. The van der Waals surface area contributed by atoms with Crippen LogP contribution in [0.3, 0.4) is 0 Å². The lowest BCUT2D eigenvalue weighted by atomic mass is 10.1. The molecule has 1 aromatic heterocycles. The summed E-state index contributed by atoms with van der Waals surface area (Å²) in [7, 11) is 0. The van der Waals surface area contributed by atoms with Crippen LogP contribution < -0.4 is 0 Å². The molecular weight excluding hydrogens is 114 g/mol. The second-order valence-corrected chi connectivity index (χ2v) is 2.31. The summed E-state index contributed by atoms with van der Waals surface area (Å²) in [5.74, 6) is 0. The smallest absolute Gasteiger partial charge is 0.0734 e. The average molecular weight is 123 g/mol. The highest BCUT2D eigenvalue weighted by Gasteiger charge is 2.07. The molecule has 0 aromatic carbocycles. The lowest BCUT2D eigenvalue weighted by Gasteiger charge is -2.10. The number of aromatic amines is 1. The van der Waals surface area contributed by atoms with Gasteiger partial charge in [0.15, 0.2) is 0 Å². The number of ether oxygens (including phenoxy) is 1. The zero-order chi connectivity index (χ0) is 6.10. The second kappa shape index (κ2) is 1.88. The number of nitrogens with one attached hydrogen (secondary N) is 1. The summed E-state index contributed by atoms with van der Waals surface area (Å²) in [5, 5.41) is 0. The van der Waals surface area contributed by atoms with Crippen LogP contribution in [0.25, 0.3) is 0 Å². The molecule has 0 amide bonds. The van der Waals surface area contributed by atoms with Crippen molar-refractivity contribution >= 4 is 0 Å². The third-order valence-corrected chi connectivity index (χ3v) is 1.70. The topological polar surface area (TPSA) is 25.0 Å². The average Bonchev–Trinajstić information content (AvgIpc) is 2.33. The lowest BCUT2D eigenvalue weighted by Crippen LogP contribution is -2.06.